The fraction of sp³-hybridized carbons (Fsp3) is 0.222. The van der Waals surface area contributed by atoms with E-state index in [4.69, 9.17) is 5.73 Å². The van der Waals surface area contributed by atoms with Crippen molar-refractivity contribution in [3.8, 4) is 10.6 Å². The Morgan fingerprint density at radius 2 is 2.24 bits per heavy atom. The summed E-state index contributed by atoms with van der Waals surface area (Å²) in [6.45, 7) is 0.503. The molecule has 17 heavy (non-hydrogen) atoms. The number of anilines is 1. The van der Waals surface area contributed by atoms with E-state index < -0.39 is 10.0 Å². The first-order valence-corrected chi connectivity index (χ1v) is 8.29. The first-order valence-electron chi connectivity index (χ1n) is 4.70. The average Bonchev–Trinajstić information content (AvgIpc) is 2.82. The minimum atomic E-state index is -3.26. The molecule has 0 radical (unpaired) electrons. The topological polar surface area (TPSA) is 85.1 Å². The van der Waals surface area contributed by atoms with Crippen molar-refractivity contribution >= 4 is 37.8 Å². The van der Waals surface area contributed by atoms with Crippen molar-refractivity contribution in [2.45, 2.75) is 6.54 Å². The van der Waals surface area contributed by atoms with Crippen LogP contribution in [0, 0.1) is 0 Å². The smallest absolute Gasteiger partial charge is 0.231 e. The molecule has 2 heterocycles. The lowest BCUT2D eigenvalue weighted by atomic mass is 10.4. The van der Waals surface area contributed by atoms with Gasteiger partial charge in [-0.3, -0.25) is 4.72 Å². The van der Waals surface area contributed by atoms with Crippen LogP contribution in [0.1, 0.15) is 4.88 Å². The zero-order chi connectivity index (χ0) is 12.5. The van der Waals surface area contributed by atoms with E-state index in [1.807, 2.05) is 17.5 Å². The summed E-state index contributed by atoms with van der Waals surface area (Å²) in [5.74, 6) is 0. The van der Waals surface area contributed by atoms with Gasteiger partial charge in [0, 0.05) is 16.8 Å². The summed E-state index contributed by atoms with van der Waals surface area (Å²) in [5.41, 5.74) is 6.30. The van der Waals surface area contributed by atoms with Gasteiger partial charge in [0.15, 0.2) is 5.13 Å². The van der Waals surface area contributed by atoms with Crippen molar-refractivity contribution < 1.29 is 8.42 Å². The van der Waals surface area contributed by atoms with Crippen LogP contribution in [0.15, 0.2) is 17.5 Å². The maximum absolute atomic E-state index is 11.0. The summed E-state index contributed by atoms with van der Waals surface area (Å²) in [5, 5.41) is 2.20. The van der Waals surface area contributed by atoms with E-state index in [0.717, 1.165) is 21.7 Å². The van der Waals surface area contributed by atoms with Gasteiger partial charge < -0.3 is 5.73 Å². The third kappa shape index (κ3) is 3.25. The Bertz CT molecular complexity index is 615. The molecule has 0 aromatic carbocycles. The summed E-state index contributed by atoms with van der Waals surface area (Å²) < 4.78 is 24.4. The fourth-order valence-corrected chi connectivity index (χ4v) is 3.70. The Kier molecular flexibility index (Phi) is 3.48. The lowest BCUT2D eigenvalue weighted by molar-refractivity contribution is 0.607. The number of rotatable bonds is 4. The van der Waals surface area contributed by atoms with Gasteiger partial charge in [-0.2, -0.15) is 0 Å². The maximum Gasteiger partial charge on any atom is 0.231 e. The van der Waals surface area contributed by atoms with Crippen molar-refractivity contribution in [1.29, 1.82) is 0 Å². The zero-order valence-electron chi connectivity index (χ0n) is 9.00. The van der Waals surface area contributed by atoms with E-state index in [1.165, 1.54) is 11.3 Å². The maximum atomic E-state index is 11.0. The molecule has 0 amide bonds. The lowest BCUT2D eigenvalue weighted by Crippen LogP contribution is -2.08. The van der Waals surface area contributed by atoms with Crippen LogP contribution < -0.4 is 10.5 Å². The predicted molar refractivity (Wildman–Crippen MR) is 71.8 cm³/mol. The molecule has 0 unspecified atom stereocenters. The molecule has 0 spiro atoms. The number of thiophene rings is 1. The summed E-state index contributed by atoms with van der Waals surface area (Å²) in [7, 11) is -3.26. The highest BCUT2D eigenvalue weighted by Crippen LogP contribution is 2.30. The Balaban J connectivity index is 2.23. The van der Waals surface area contributed by atoms with Crippen molar-refractivity contribution in [1.82, 2.24) is 4.98 Å². The minimum Gasteiger partial charge on any atom is -0.326 e. The second-order valence-electron chi connectivity index (χ2n) is 3.38. The molecule has 2 aromatic rings. The number of nitrogens with two attached hydrogens (primary N) is 1. The van der Waals surface area contributed by atoms with E-state index in [1.54, 1.807) is 11.3 Å². The summed E-state index contributed by atoms with van der Waals surface area (Å²) >= 11 is 2.82. The number of sulfonamides is 1. The largest absolute Gasteiger partial charge is 0.326 e. The van der Waals surface area contributed by atoms with Crippen molar-refractivity contribution in [3.63, 3.8) is 0 Å². The molecule has 0 aliphatic carbocycles. The molecule has 0 atom stereocenters. The molecule has 0 bridgehead atoms. The van der Waals surface area contributed by atoms with Crippen LogP contribution in [-0.4, -0.2) is 19.7 Å². The minimum absolute atomic E-state index is 0.380. The monoisotopic (exact) mass is 289 g/mol. The van der Waals surface area contributed by atoms with Gasteiger partial charge in [-0.1, -0.05) is 0 Å². The molecule has 5 nitrogen and oxygen atoms in total. The number of hydrogen-bond acceptors (Lipinski definition) is 6. The molecule has 8 heteroatoms. The molecular weight excluding hydrogens is 278 g/mol. The third-order valence-electron chi connectivity index (χ3n) is 1.89. The van der Waals surface area contributed by atoms with Crippen molar-refractivity contribution in [2.75, 3.05) is 11.0 Å². The summed E-state index contributed by atoms with van der Waals surface area (Å²) in [6, 6.07) is 3.88. The van der Waals surface area contributed by atoms with E-state index in [9.17, 15) is 8.42 Å². The van der Waals surface area contributed by atoms with Gasteiger partial charge in [0.1, 0.15) is 0 Å². The molecule has 3 N–H and O–H groups in total. The normalized spacial score (nSPS) is 11.6. The number of nitrogens with one attached hydrogen (secondary N) is 1. The van der Waals surface area contributed by atoms with Crippen LogP contribution in [0.25, 0.3) is 10.6 Å². The van der Waals surface area contributed by atoms with Crippen LogP contribution in [0.4, 0.5) is 5.13 Å². The second-order valence-corrected chi connectivity index (χ2v) is 7.16. The average molecular weight is 289 g/mol. The highest BCUT2D eigenvalue weighted by molar-refractivity contribution is 7.92. The van der Waals surface area contributed by atoms with E-state index in [0.29, 0.717) is 11.7 Å². The Morgan fingerprint density at radius 1 is 1.47 bits per heavy atom. The highest BCUT2D eigenvalue weighted by Gasteiger charge is 2.09. The van der Waals surface area contributed by atoms with Gasteiger partial charge in [-0.05, 0) is 12.1 Å². The first-order chi connectivity index (χ1) is 7.98. The number of nitrogens with zero attached hydrogens (tertiary/aromatic N) is 1. The number of aromatic nitrogens is 1. The third-order valence-corrected chi connectivity index (χ3v) is 4.47. The lowest BCUT2D eigenvalue weighted by Gasteiger charge is -1.96. The van der Waals surface area contributed by atoms with Gasteiger partial charge in [-0.15, -0.1) is 22.7 Å². The Morgan fingerprint density at radius 3 is 2.82 bits per heavy atom. The molecule has 0 saturated carbocycles. The second kappa shape index (κ2) is 4.73. The van der Waals surface area contributed by atoms with E-state index in [-0.39, 0.29) is 0 Å². The first kappa shape index (κ1) is 12.5. The quantitative estimate of drug-likeness (QED) is 0.897. The molecule has 92 valence electrons. The van der Waals surface area contributed by atoms with Gasteiger partial charge >= 0.3 is 0 Å². The van der Waals surface area contributed by atoms with Gasteiger partial charge in [0.2, 0.25) is 10.0 Å². The molecule has 2 aromatic heterocycles. The fourth-order valence-electron chi connectivity index (χ4n) is 1.22. The summed E-state index contributed by atoms with van der Waals surface area (Å²) in [4.78, 5) is 6.28. The Labute approximate surface area is 107 Å². The summed E-state index contributed by atoms with van der Waals surface area (Å²) in [6.07, 6.45) is 1.10. The molecule has 0 aliphatic heterocycles. The van der Waals surface area contributed by atoms with E-state index in [2.05, 4.69) is 9.71 Å². The van der Waals surface area contributed by atoms with E-state index >= 15 is 0 Å². The van der Waals surface area contributed by atoms with Gasteiger partial charge in [0.05, 0.1) is 16.8 Å². The van der Waals surface area contributed by atoms with Crippen molar-refractivity contribution in [2.24, 2.45) is 5.73 Å². The van der Waals surface area contributed by atoms with Crippen LogP contribution >= 0.6 is 22.7 Å². The van der Waals surface area contributed by atoms with Crippen LogP contribution in [-0.2, 0) is 16.6 Å². The predicted octanol–water partition coefficient (Wildman–Crippen LogP) is 1.70. The van der Waals surface area contributed by atoms with Crippen molar-refractivity contribution in [3.05, 3.63) is 22.4 Å². The van der Waals surface area contributed by atoms with Crippen LogP contribution in [0.5, 0.6) is 0 Å². The SMILES string of the molecule is CS(=O)(=O)Nc1nc(-c2ccc(CN)s2)cs1. The van der Waals surface area contributed by atoms with Crippen LogP contribution in [0.3, 0.4) is 0 Å². The molecule has 0 saturated heterocycles. The Hall–Kier alpha value is -0.960. The molecular formula is C9H11N3O2S3. The highest BCUT2D eigenvalue weighted by atomic mass is 32.2. The molecule has 2 rings (SSSR count). The zero-order valence-corrected chi connectivity index (χ0v) is 11.5. The molecule has 0 fully saturated rings. The van der Waals surface area contributed by atoms with Crippen LogP contribution in [0.2, 0.25) is 0 Å². The standard InChI is InChI=1S/C9H11N3O2S3/c1-17(13,14)12-9-11-7(5-15-9)8-3-2-6(4-10)16-8/h2-3,5H,4,10H2,1H3,(H,11,12). The van der Waals surface area contributed by atoms with Gasteiger partial charge in [-0.25, -0.2) is 13.4 Å². The number of thiazole rings is 1. The number of hydrogen-bond donors (Lipinski definition) is 2. The van der Waals surface area contributed by atoms with Gasteiger partial charge in [0.25, 0.3) is 0 Å². The molecule has 0 aliphatic rings.